The van der Waals surface area contributed by atoms with Gasteiger partial charge in [-0.25, -0.2) is 0 Å². The maximum absolute atomic E-state index is 12.8. The van der Waals surface area contributed by atoms with Gasteiger partial charge < -0.3 is 16.4 Å². The van der Waals surface area contributed by atoms with Gasteiger partial charge in [0, 0.05) is 13.0 Å². The van der Waals surface area contributed by atoms with Crippen molar-refractivity contribution in [2.75, 3.05) is 13.1 Å². The highest BCUT2D eigenvalue weighted by Crippen LogP contribution is 2.15. The molecule has 0 aromatic heterocycles. The van der Waals surface area contributed by atoms with Crippen molar-refractivity contribution in [3.8, 4) is 0 Å². The number of nitrogens with two attached hydrogens (primary N) is 1. The van der Waals surface area contributed by atoms with Crippen LogP contribution in [-0.2, 0) is 9.59 Å². The zero-order valence-corrected chi connectivity index (χ0v) is 30.7. The molecule has 0 rings (SSSR count). The van der Waals surface area contributed by atoms with Gasteiger partial charge in [0.2, 0.25) is 11.8 Å². The van der Waals surface area contributed by atoms with Crippen LogP contribution >= 0.6 is 0 Å². The second-order valence-corrected chi connectivity index (χ2v) is 14.0. The number of carbonyl (C=O) groups excluding carboxylic acids is 2. The minimum Gasteiger partial charge on any atom is -0.354 e. The summed E-state index contributed by atoms with van der Waals surface area (Å²) in [5, 5.41) is 6.12. The van der Waals surface area contributed by atoms with E-state index in [0.29, 0.717) is 25.9 Å². The molecule has 0 heterocycles. The Morgan fingerprint density at radius 2 is 0.822 bits per heavy atom. The zero-order valence-electron chi connectivity index (χ0n) is 30.7. The Hall–Kier alpha value is -1.10. The van der Waals surface area contributed by atoms with Crippen molar-refractivity contribution in [3.05, 3.63) is 0 Å². The lowest BCUT2D eigenvalue weighted by atomic mass is 10.0. The molecule has 0 bridgehead atoms. The standard InChI is InChI=1S/C40H81N3O2/c1-3-5-7-9-11-13-15-16-17-18-19-20-21-22-23-24-26-28-30-35-39(44)43-38(34-31-32-36-41)40(45)42-37-33-29-27-25-14-12-10-8-6-4-2/h38H,3-37,41H2,1-2H3,(H,42,45)(H,43,44)/t38-/m0/s1. The molecule has 0 spiro atoms. The first kappa shape index (κ1) is 43.9. The quantitative estimate of drug-likeness (QED) is 0.0594. The molecule has 0 unspecified atom stereocenters. The van der Waals surface area contributed by atoms with E-state index in [1.54, 1.807) is 0 Å². The van der Waals surface area contributed by atoms with E-state index in [1.165, 1.54) is 167 Å². The van der Waals surface area contributed by atoms with Crippen molar-refractivity contribution >= 4 is 11.8 Å². The molecular weight excluding hydrogens is 554 g/mol. The molecule has 268 valence electrons. The fourth-order valence-electron chi connectivity index (χ4n) is 6.34. The van der Waals surface area contributed by atoms with Gasteiger partial charge in [0.25, 0.3) is 0 Å². The second-order valence-electron chi connectivity index (χ2n) is 14.0. The van der Waals surface area contributed by atoms with Crippen molar-refractivity contribution in [1.82, 2.24) is 10.6 Å². The molecule has 1 atom stereocenters. The Morgan fingerprint density at radius 3 is 1.20 bits per heavy atom. The molecule has 0 aliphatic carbocycles. The fourth-order valence-corrected chi connectivity index (χ4v) is 6.34. The lowest BCUT2D eigenvalue weighted by Crippen LogP contribution is -2.47. The predicted octanol–water partition coefficient (Wildman–Crippen LogP) is 11.5. The summed E-state index contributed by atoms with van der Waals surface area (Å²) in [5.74, 6) is -0.00160. The van der Waals surface area contributed by atoms with Crippen LogP contribution in [0, 0.1) is 0 Å². The van der Waals surface area contributed by atoms with Crippen LogP contribution < -0.4 is 16.4 Å². The molecule has 0 aromatic carbocycles. The maximum atomic E-state index is 12.8. The van der Waals surface area contributed by atoms with E-state index in [2.05, 4.69) is 24.5 Å². The number of rotatable bonds is 37. The van der Waals surface area contributed by atoms with Gasteiger partial charge in [0.15, 0.2) is 0 Å². The van der Waals surface area contributed by atoms with Crippen LogP contribution in [0.4, 0.5) is 0 Å². The summed E-state index contributed by atoms with van der Waals surface area (Å²) in [6, 6.07) is -0.424. The summed E-state index contributed by atoms with van der Waals surface area (Å²) in [5.41, 5.74) is 5.67. The van der Waals surface area contributed by atoms with Gasteiger partial charge in [-0.15, -0.1) is 0 Å². The number of hydrogen-bond donors (Lipinski definition) is 3. The summed E-state index contributed by atoms with van der Waals surface area (Å²) >= 11 is 0. The highest BCUT2D eigenvalue weighted by molar-refractivity contribution is 5.87. The van der Waals surface area contributed by atoms with E-state index in [9.17, 15) is 9.59 Å². The second kappa shape index (κ2) is 37.4. The average Bonchev–Trinajstić information content (AvgIpc) is 3.04. The number of carbonyl (C=O) groups is 2. The molecule has 0 saturated carbocycles. The first-order valence-electron chi connectivity index (χ1n) is 20.4. The van der Waals surface area contributed by atoms with Crippen molar-refractivity contribution < 1.29 is 9.59 Å². The van der Waals surface area contributed by atoms with Gasteiger partial charge in [-0.3, -0.25) is 9.59 Å². The maximum Gasteiger partial charge on any atom is 0.242 e. The Morgan fingerprint density at radius 1 is 0.467 bits per heavy atom. The van der Waals surface area contributed by atoms with E-state index >= 15 is 0 Å². The smallest absolute Gasteiger partial charge is 0.242 e. The molecule has 0 saturated heterocycles. The third kappa shape index (κ3) is 34.1. The van der Waals surface area contributed by atoms with Gasteiger partial charge in [0.1, 0.15) is 6.04 Å². The highest BCUT2D eigenvalue weighted by atomic mass is 16.2. The Bertz CT molecular complexity index is 612. The van der Waals surface area contributed by atoms with Gasteiger partial charge in [0.05, 0.1) is 0 Å². The molecule has 0 fully saturated rings. The van der Waals surface area contributed by atoms with E-state index in [-0.39, 0.29) is 11.8 Å². The van der Waals surface area contributed by atoms with Crippen LogP contribution in [0.3, 0.4) is 0 Å². The molecule has 0 radical (unpaired) electrons. The van der Waals surface area contributed by atoms with Crippen molar-refractivity contribution in [2.24, 2.45) is 5.73 Å². The van der Waals surface area contributed by atoms with Gasteiger partial charge in [-0.05, 0) is 38.6 Å². The van der Waals surface area contributed by atoms with E-state index in [4.69, 9.17) is 5.73 Å². The molecule has 45 heavy (non-hydrogen) atoms. The van der Waals surface area contributed by atoms with Gasteiger partial charge >= 0.3 is 0 Å². The zero-order chi connectivity index (χ0) is 32.9. The van der Waals surface area contributed by atoms with Crippen LogP contribution in [0.1, 0.15) is 226 Å². The molecule has 0 aliphatic heterocycles. The van der Waals surface area contributed by atoms with Crippen LogP contribution in [-0.4, -0.2) is 30.9 Å². The molecule has 2 amide bonds. The van der Waals surface area contributed by atoms with Crippen molar-refractivity contribution in [1.29, 1.82) is 0 Å². The van der Waals surface area contributed by atoms with Gasteiger partial charge in [-0.2, -0.15) is 0 Å². The Labute approximate surface area is 282 Å². The van der Waals surface area contributed by atoms with E-state index in [1.807, 2.05) is 0 Å². The van der Waals surface area contributed by atoms with Crippen molar-refractivity contribution in [3.63, 3.8) is 0 Å². The first-order valence-corrected chi connectivity index (χ1v) is 20.4. The minimum atomic E-state index is -0.424. The summed E-state index contributed by atoms with van der Waals surface area (Å²) in [6.45, 7) is 5.88. The number of nitrogens with one attached hydrogen (secondary N) is 2. The fraction of sp³-hybridized carbons (Fsp3) is 0.950. The lowest BCUT2D eigenvalue weighted by Gasteiger charge is -2.18. The van der Waals surface area contributed by atoms with E-state index in [0.717, 1.165) is 32.1 Å². The normalized spacial score (nSPS) is 12.0. The molecule has 0 aliphatic rings. The Kier molecular flexibility index (Phi) is 36.4. The molecular formula is C40H81N3O2. The predicted molar refractivity (Wildman–Crippen MR) is 198 cm³/mol. The summed E-state index contributed by atoms with van der Waals surface area (Å²) in [4.78, 5) is 25.4. The average molecular weight is 636 g/mol. The number of unbranched alkanes of at least 4 members (excludes halogenated alkanes) is 28. The number of amides is 2. The monoisotopic (exact) mass is 636 g/mol. The number of hydrogen-bond acceptors (Lipinski definition) is 3. The highest BCUT2D eigenvalue weighted by Gasteiger charge is 2.19. The largest absolute Gasteiger partial charge is 0.354 e. The van der Waals surface area contributed by atoms with E-state index < -0.39 is 6.04 Å². The third-order valence-electron chi connectivity index (χ3n) is 9.44. The minimum absolute atomic E-state index is 0.0220. The van der Waals surface area contributed by atoms with Crippen molar-refractivity contribution in [2.45, 2.75) is 232 Å². The van der Waals surface area contributed by atoms with Crippen LogP contribution in [0.25, 0.3) is 0 Å². The Balaban J connectivity index is 3.74. The molecule has 0 aromatic rings. The molecule has 4 N–H and O–H groups in total. The summed E-state index contributed by atoms with van der Waals surface area (Å²) in [7, 11) is 0. The van der Waals surface area contributed by atoms with Gasteiger partial charge in [-0.1, -0.05) is 187 Å². The lowest BCUT2D eigenvalue weighted by molar-refractivity contribution is -0.129. The first-order chi connectivity index (χ1) is 22.2. The van der Waals surface area contributed by atoms with Crippen LogP contribution in [0.5, 0.6) is 0 Å². The summed E-state index contributed by atoms with van der Waals surface area (Å²) < 4.78 is 0. The summed E-state index contributed by atoms with van der Waals surface area (Å²) in [6.07, 6.45) is 41.5. The SMILES string of the molecule is CCCCCCCCCCCCCCCCCCCCCC(=O)N[C@@H](CCCCN)C(=O)NCCCCCCCCCCCC. The van der Waals surface area contributed by atoms with Crippen LogP contribution in [0.15, 0.2) is 0 Å². The molecule has 5 nitrogen and oxygen atoms in total. The van der Waals surface area contributed by atoms with Crippen LogP contribution in [0.2, 0.25) is 0 Å². The topological polar surface area (TPSA) is 84.2 Å². The molecule has 5 heteroatoms. The third-order valence-corrected chi connectivity index (χ3v) is 9.44.